The third-order valence-electron chi connectivity index (χ3n) is 3.09. The quantitative estimate of drug-likeness (QED) is 0.765. The van der Waals surface area contributed by atoms with Gasteiger partial charge in [-0.25, -0.2) is 4.39 Å². The number of aldehydes is 2. The number of carbonyl (C=O) groups is 2. The van der Waals surface area contributed by atoms with Crippen LogP contribution in [0.1, 0.15) is 29.3 Å². The van der Waals surface area contributed by atoms with Gasteiger partial charge in [0, 0.05) is 23.1 Å². The Morgan fingerprint density at radius 2 is 1.94 bits per heavy atom. The van der Waals surface area contributed by atoms with Gasteiger partial charge < -0.3 is 0 Å². The molecular formula is C15H13FO2. The van der Waals surface area contributed by atoms with Crippen LogP contribution in [-0.2, 0) is 4.79 Å². The molecule has 0 bridgehead atoms. The van der Waals surface area contributed by atoms with Crippen molar-refractivity contribution in [2.24, 2.45) is 0 Å². The number of hydrogen-bond donors (Lipinski definition) is 0. The Labute approximate surface area is 105 Å². The summed E-state index contributed by atoms with van der Waals surface area (Å²) in [5.74, 6) is 0. The van der Waals surface area contributed by atoms with Crippen molar-refractivity contribution in [2.75, 3.05) is 0 Å². The summed E-state index contributed by atoms with van der Waals surface area (Å²) < 4.78 is 14.6. The van der Waals surface area contributed by atoms with Crippen molar-refractivity contribution < 1.29 is 14.0 Å². The number of benzene rings is 1. The van der Waals surface area contributed by atoms with Crippen LogP contribution in [0.3, 0.4) is 0 Å². The third-order valence-corrected chi connectivity index (χ3v) is 3.09. The summed E-state index contributed by atoms with van der Waals surface area (Å²) in [7, 11) is 0. The fourth-order valence-corrected chi connectivity index (χ4v) is 2.26. The molecule has 3 heteroatoms. The van der Waals surface area contributed by atoms with Gasteiger partial charge in [0.05, 0.1) is 0 Å². The van der Waals surface area contributed by atoms with E-state index in [4.69, 9.17) is 0 Å². The number of allylic oxidation sites excluding steroid dienone is 4. The van der Waals surface area contributed by atoms with Crippen LogP contribution in [-0.4, -0.2) is 18.2 Å². The lowest BCUT2D eigenvalue weighted by atomic mass is 9.80. The normalized spacial score (nSPS) is 23.0. The lowest BCUT2D eigenvalue weighted by molar-refractivity contribution is -0.104. The molecule has 2 rings (SSSR count). The molecule has 0 radical (unpaired) electrons. The molecule has 0 amide bonds. The first-order valence-corrected chi connectivity index (χ1v) is 5.70. The SMILES string of the molecule is C[C@]1(F)CC=CC(C=O)=C1c1ccccc1C=O. The molecule has 0 aromatic heterocycles. The van der Waals surface area contributed by atoms with Crippen molar-refractivity contribution in [1.82, 2.24) is 0 Å². The monoisotopic (exact) mass is 244 g/mol. The van der Waals surface area contributed by atoms with E-state index in [0.717, 1.165) is 0 Å². The zero-order valence-corrected chi connectivity index (χ0v) is 10.0. The summed E-state index contributed by atoms with van der Waals surface area (Å²) in [4.78, 5) is 22.1. The molecule has 1 aromatic carbocycles. The van der Waals surface area contributed by atoms with Crippen LogP contribution in [0.15, 0.2) is 42.0 Å². The zero-order valence-electron chi connectivity index (χ0n) is 10.0. The molecule has 1 aliphatic rings. The minimum Gasteiger partial charge on any atom is -0.298 e. The van der Waals surface area contributed by atoms with Crippen molar-refractivity contribution in [2.45, 2.75) is 19.0 Å². The Kier molecular flexibility index (Phi) is 3.24. The van der Waals surface area contributed by atoms with Gasteiger partial charge in [-0.05, 0) is 12.5 Å². The van der Waals surface area contributed by atoms with Crippen molar-refractivity contribution in [3.63, 3.8) is 0 Å². The summed E-state index contributed by atoms with van der Waals surface area (Å²) in [6, 6.07) is 6.72. The smallest absolute Gasteiger partial charge is 0.150 e. The standard InChI is InChI=1S/C15H13FO2/c1-15(16)8-4-6-12(10-18)14(15)13-7-3-2-5-11(13)9-17/h2-7,9-10H,8H2,1H3/t15-/m0/s1. The van der Waals surface area contributed by atoms with Gasteiger partial charge in [-0.2, -0.15) is 0 Å². The largest absolute Gasteiger partial charge is 0.298 e. The molecule has 18 heavy (non-hydrogen) atoms. The fraction of sp³-hybridized carbons (Fsp3) is 0.200. The van der Waals surface area contributed by atoms with Crippen LogP contribution in [0.5, 0.6) is 0 Å². The van der Waals surface area contributed by atoms with Crippen LogP contribution in [0, 0.1) is 0 Å². The van der Waals surface area contributed by atoms with Gasteiger partial charge in [0.15, 0.2) is 6.29 Å². The average molecular weight is 244 g/mol. The molecule has 0 aliphatic heterocycles. The summed E-state index contributed by atoms with van der Waals surface area (Å²) in [6.45, 7) is 1.43. The van der Waals surface area contributed by atoms with E-state index < -0.39 is 5.67 Å². The molecule has 0 spiro atoms. The molecule has 2 nitrogen and oxygen atoms in total. The van der Waals surface area contributed by atoms with E-state index in [2.05, 4.69) is 0 Å². The van der Waals surface area contributed by atoms with Crippen LogP contribution in [0.2, 0.25) is 0 Å². The van der Waals surface area contributed by atoms with Gasteiger partial charge in [-0.3, -0.25) is 9.59 Å². The van der Waals surface area contributed by atoms with Crippen LogP contribution in [0.4, 0.5) is 4.39 Å². The maximum Gasteiger partial charge on any atom is 0.150 e. The second-order valence-electron chi connectivity index (χ2n) is 4.46. The first kappa shape index (κ1) is 12.4. The summed E-state index contributed by atoms with van der Waals surface area (Å²) in [5.41, 5.74) is -0.164. The Morgan fingerprint density at radius 3 is 2.61 bits per heavy atom. The molecule has 0 saturated heterocycles. The second kappa shape index (κ2) is 4.69. The first-order chi connectivity index (χ1) is 8.60. The molecule has 1 atom stereocenters. The molecule has 0 fully saturated rings. The average Bonchev–Trinajstić information content (AvgIpc) is 2.37. The molecular weight excluding hydrogens is 231 g/mol. The fourth-order valence-electron chi connectivity index (χ4n) is 2.26. The Bertz CT molecular complexity index is 553. The van der Waals surface area contributed by atoms with Crippen molar-refractivity contribution in [1.29, 1.82) is 0 Å². The van der Waals surface area contributed by atoms with E-state index in [9.17, 15) is 14.0 Å². The molecule has 1 aromatic rings. The Hall–Kier alpha value is -2.03. The van der Waals surface area contributed by atoms with Gasteiger partial charge in [0.1, 0.15) is 12.0 Å². The van der Waals surface area contributed by atoms with E-state index in [-0.39, 0.29) is 6.42 Å². The first-order valence-electron chi connectivity index (χ1n) is 5.70. The molecule has 0 saturated carbocycles. The molecule has 0 N–H and O–H groups in total. The summed E-state index contributed by atoms with van der Waals surface area (Å²) in [5, 5.41) is 0. The van der Waals surface area contributed by atoms with E-state index >= 15 is 0 Å². The minimum atomic E-state index is -1.63. The number of carbonyl (C=O) groups excluding carboxylic acids is 2. The van der Waals surface area contributed by atoms with E-state index in [1.807, 2.05) is 0 Å². The van der Waals surface area contributed by atoms with E-state index in [0.29, 0.717) is 34.8 Å². The maximum absolute atomic E-state index is 14.6. The molecule has 0 heterocycles. The van der Waals surface area contributed by atoms with Gasteiger partial charge in [-0.15, -0.1) is 0 Å². The van der Waals surface area contributed by atoms with Gasteiger partial charge in [0.25, 0.3) is 0 Å². The van der Waals surface area contributed by atoms with Gasteiger partial charge >= 0.3 is 0 Å². The highest BCUT2D eigenvalue weighted by Crippen LogP contribution is 2.40. The van der Waals surface area contributed by atoms with Crippen molar-refractivity contribution in [3.8, 4) is 0 Å². The van der Waals surface area contributed by atoms with Crippen molar-refractivity contribution >= 4 is 18.1 Å². The van der Waals surface area contributed by atoms with Crippen LogP contribution >= 0.6 is 0 Å². The summed E-state index contributed by atoms with van der Waals surface area (Å²) in [6.07, 6.45) is 4.75. The molecule has 92 valence electrons. The van der Waals surface area contributed by atoms with Crippen molar-refractivity contribution in [3.05, 3.63) is 53.1 Å². The van der Waals surface area contributed by atoms with Gasteiger partial charge in [-0.1, -0.05) is 36.4 Å². The van der Waals surface area contributed by atoms with Gasteiger partial charge in [0.2, 0.25) is 0 Å². The van der Waals surface area contributed by atoms with Crippen LogP contribution in [0.25, 0.3) is 5.57 Å². The molecule has 1 aliphatic carbocycles. The highest BCUT2D eigenvalue weighted by Gasteiger charge is 2.33. The third kappa shape index (κ3) is 2.04. The molecule has 0 unspecified atom stereocenters. The predicted molar refractivity (Wildman–Crippen MR) is 68.1 cm³/mol. The van der Waals surface area contributed by atoms with E-state index in [1.165, 1.54) is 6.92 Å². The zero-order chi connectivity index (χ0) is 13.2. The summed E-state index contributed by atoms with van der Waals surface area (Å²) >= 11 is 0. The lowest BCUT2D eigenvalue weighted by Crippen LogP contribution is -2.24. The Balaban J connectivity index is 2.72. The Morgan fingerprint density at radius 1 is 1.22 bits per heavy atom. The topological polar surface area (TPSA) is 34.1 Å². The second-order valence-corrected chi connectivity index (χ2v) is 4.46. The highest BCUT2D eigenvalue weighted by atomic mass is 19.1. The van der Waals surface area contributed by atoms with E-state index in [1.54, 1.807) is 36.4 Å². The maximum atomic E-state index is 14.6. The van der Waals surface area contributed by atoms with Crippen LogP contribution < -0.4 is 0 Å². The highest BCUT2D eigenvalue weighted by molar-refractivity contribution is 5.98. The number of rotatable bonds is 3. The lowest BCUT2D eigenvalue weighted by Gasteiger charge is -2.28. The minimum absolute atomic E-state index is 0.201. The predicted octanol–water partition coefficient (Wildman–Crippen LogP) is 3.14. The number of halogens is 1. The number of alkyl halides is 1. The number of hydrogen-bond acceptors (Lipinski definition) is 2.